The molecule has 0 aliphatic rings. The smallest absolute Gasteiger partial charge is 0.141 e. The summed E-state index contributed by atoms with van der Waals surface area (Å²) in [5.41, 5.74) is 9.75. The fourth-order valence-corrected chi connectivity index (χ4v) is 2.58. The lowest BCUT2D eigenvalue weighted by Crippen LogP contribution is -2.00. The zero-order valence-corrected chi connectivity index (χ0v) is 12.8. The Hall–Kier alpha value is -1.88. The van der Waals surface area contributed by atoms with Crippen LogP contribution in [0.2, 0.25) is 0 Å². The van der Waals surface area contributed by atoms with Crippen molar-refractivity contribution < 1.29 is 0 Å². The SMILES string of the molecule is CCCn1c(-c2ccc(Br)c(N)c2)nc2cnccc21. The molecule has 20 heavy (non-hydrogen) atoms. The quantitative estimate of drug-likeness (QED) is 0.742. The molecule has 0 saturated carbocycles. The molecule has 0 unspecified atom stereocenters. The van der Waals surface area contributed by atoms with E-state index in [1.807, 2.05) is 24.3 Å². The largest absolute Gasteiger partial charge is 0.398 e. The van der Waals surface area contributed by atoms with E-state index in [0.29, 0.717) is 0 Å². The van der Waals surface area contributed by atoms with Crippen LogP contribution in [0.4, 0.5) is 5.69 Å². The molecular weight excluding hydrogens is 316 g/mol. The molecule has 102 valence electrons. The number of hydrogen-bond donors (Lipinski definition) is 1. The summed E-state index contributed by atoms with van der Waals surface area (Å²) in [6.07, 6.45) is 4.65. The van der Waals surface area contributed by atoms with Gasteiger partial charge in [-0.3, -0.25) is 4.98 Å². The van der Waals surface area contributed by atoms with Gasteiger partial charge in [-0.25, -0.2) is 4.98 Å². The van der Waals surface area contributed by atoms with Gasteiger partial charge in [0.05, 0.1) is 11.7 Å². The van der Waals surface area contributed by atoms with Crippen molar-refractivity contribution in [2.24, 2.45) is 0 Å². The van der Waals surface area contributed by atoms with Gasteiger partial charge in [-0.05, 0) is 46.6 Å². The summed E-state index contributed by atoms with van der Waals surface area (Å²) in [5.74, 6) is 0.939. The van der Waals surface area contributed by atoms with E-state index in [1.54, 1.807) is 12.4 Å². The van der Waals surface area contributed by atoms with Crippen molar-refractivity contribution in [3.8, 4) is 11.4 Å². The normalized spacial score (nSPS) is 11.1. The summed E-state index contributed by atoms with van der Waals surface area (Å²) in [6.45, 7) is 3.08. The Balaban J connectivity index is 2.23. The highest BCUT2D eigenvalue weighted by Crippen LogP contribution is 2.29. The standard InChI is InChI=1S/C15H15BrN4/c1-2-7-20-14-5-6-18-9-13(14)19-15(20)10-3-4-11(16)12(17)8-10/h3-6,8-9H,2,7,17H2,1H3. The second kappa shape index (κ2) is 5.25. The number of nitrogens with two attached hydrogens (primary N) is 1. The first-order chi connectivity index (χ1) is 9.70. The highest BCUT2D eigenvalue weighted by molar-refractivity contribution is 9.10. The monoisotopic (exact) mass is 330 g/mol. The van der Waals surface area contributed by atoms with Crippen LogP contribution in [0.5, 0.6) is 0 Å². The van der Waals surface area contributed by atoms with Crippen LogP contribution < -0.4 is 5.73 Å². The van der Waals surface area contributed by atoms with Gasteiger partial charge in [-0.15, -0.1) is 0 Å². The van der Waals surface area contributed by atoms with E-state index in [9.17, 15) is 0 Å². The summed E-state index contributed by atoms with van der Waals surface area (Å²) < 4.78 is 3.13. The van der Waals surface area contributed by atoms with Gasteiger partial charge in [-0.2, -0.15) is 0 Å². The predicted molar refractivity (Wildman–Crippen MR) is 85.4 cm³/mol. The lowest BCUT2D eigenvalue weighted by Gasteiger charge is -2.08. The molecule has 3 rings (SSSR count). The molecule has 3 aromatic rings. The van der Waals surface area contributed by atoms with Crippen LogP contribution in [-0.2, 0) is 6.54 Å². The van der Waals surface area contributed by atoms with Crippen LogP contribution in [0.25, 0.3) is 22.4 Å². The molecule has 0 aliphatic heterocycles. The van der Waals surface area contributed by atoms with Crippen molar-refractivity contribution in [3.05, 3.63) is 41.1 Å². The third-order valence-electron chi connectivity index (χ3n) is 3.25. The molecule has 0 aliphatic carbocycles. The van der Waals surface area contributed by atoms with Crippen molar-refractivity contribution in [2.75, 3.05) is 5.73 Å². The number of pyridine rings is 1. The molecule has 4 nitrogen and oxygen atoms in total. The first kappa shape index (κ1) is 13.1. The molecule has 5 heteroatoms. The van der Waals surface area contributed by atoms with Crippen LogP contribution in [-0.4, -0.2) is 14.5 Å². The summed E-state index contributed by atoms with van der Waals surface area (Å²) in [4.78, 5) is 8.85. The minimum Gasteiger partial charge on any atom is -0.398 e. The van der Waals surface area contributed by atoms with Crippen LogP contribution in [0.1, 0.15) is 13.3 Å². The number of fused-ring (bicyclic) bond motifs is 1. The summed E-state index contributed by atoms with van der Waals surface area (Å²) in [7, 11) is 0. The Morgan fingerprint density at radius 2 is 2.15 bits per heavy atom. The first-order valence-corrected chi connectivity index (χ1v) is 7.35. The fourth-order valence-electron chi connectivity index (χ4n) is 2.33. The van der Waals surface area contributed by atoms with E-state index < -0.39 is 0 Å². The average Bonchev–Trinajstić information content (AvgIpc) is 2.82. The maximum Gasteiger partial charge on any atom is 0.141 e. The molecule has 1 aromatic carbocycles. The zero-order valence-electron chi connectivity index (χ0n) is 11.2. The molecule has 0 bridgehead atoms. The van der Waals surface area contributed by atoms with E-state index in [0.717, 1.165) is 45.5 Å². The molecule has 0 spiro atoms. The van der Waals surface area contributed by atoms with Gasteiger partial charge in [0.15, 0.2) is 0 Å². The third-order valence-corrected chi connectivity index (χ3v) is 3.97. The van der Waals surface area contributed by atoms with Gasteiger partial charge in [0.1, 0.15) is 11.3 Å². The Morgan fingerprint density at radius 1 is 1.30 bits per heavy atom. The Bertz CT molecular complexity index is 764. The number of nitrogen functional groups attached to an aromatic ring is 1. The molecule has 0 radical (unpaired) electrons. The maximum absolute atomic E-state index is 5.98. The number of imidazole rings is 1. The summed E-state index contributed by atoms with van der Waals surface area (Å²) >= 11 is 3.42. The lowest BCUT2D eigenvalue weighted by molar-refractivity contribution is 0.704. The fraction of sp³-hybridized carbons (Fsp3) is 0.200. The van der Waals surface area contributed by atoms with Gasteiger partial charge in [-0.1, -0.05) is 6.92 Å². The highest BCUT2D eigenvalue weighted by Gasteiger charge is 2.12. The Morgan fingerprint density at radius 3 is 2.90 bits per heavy atom. The molecule has 2 heterocycles. The molecule has 2 aromatic heterocycles. The number of halogens is 1. The number of hydrogen-bond acceptors (Lipinski definition) is 3. The minimum absolute atomic E-state index is 0.718. The Kier molecular flexibility index (Phi) is 3.44. The van der Waals surface area contributed by atoms with E-state index in [1.165, 1.54) is 0 Å². The topological polar surface area (TPSA) is 56.7 Å². The molecule has 2 N–H and O–H groups in total. The molecule has 0 saturated heterocycles. The number of nitrogens with zero attached hydrogens (tertiary/aromatic N) is 3. The zero-order chi connectivity index (χ0) is 14.1. The van der Waals surface area contributed by atoms with Crippen LogP contribution in [0.15, 0.2) is 41.1 Å². The van der Waals surface area contributed by atoms with Gasteiger partial charge >= 0.3 is 0 Å². The number of aryl methyl sites for hydroxylation is 1. The molecule has 0 amide bonds. The van der Waals surface area contributed by atoms with Crippen molar-refractivity contribution in [1.29, 1.82) is 0 Å². The Labute approximate surface area is 125 Å². The molecular formula is C15H15BrN4. The van der Waals surface area contributed by atoms with Gasteiger partial charge in [0, 0.05) is 28.5 Å². The predicted octanol–water partition coefficient (Wildman–Crippen LogP) is 3.85. The average molecular weight is 331 g/mol. The van der Waals surface area contributed by atoms with E-state index >= 15 is 0 Å². The summed E-state index contributed by atoms with van der Waals surface area (Å²) in [5, 5.41) is 0. The minimum atomic E-state index is 0.718. The second-order valence-corrected chi connectivity index (χ2v) is 5.54. The highest BCUT2D eigenvalue weighted by atomic mass is 79.9. The van der Waals surface area contributed by atoms with E-state index in [-0.39, 0.29) is 0 Å². The van der Waals surface area contributed by atoms with Crippen molar-refractivity contribution >= 4 is 32.7 Å². The second-order valence-electron chi connectivity index (χ2n) is 4.69. The molecule has 0 atom stereocenters. The van der Waals surface area contributed by atoms with Gasteiger partial charge in [0.2, 0.25) is 0 Å². The summed E-state index contributed by atoms with van der Waals surface area (Å²) in [6, 6.07) is 7.94. The maximum atomic E-state index is 5.98. The van der Waals surface area contributed by atoms with E-state index in [2.05, 4.69) is 32.4 Å². The van der Waals surface area contributed by atoms with Crippen molar-refractivity contribution in [1.82, 2.24) is 14.5 Å². The number of benzene rings is 1. The van der Waals surface area contributed by atoms with Crippen molar-refractivity contribution in [3.63, 3.8) is 0 Å². The van der Waals surface area contributed by atoms with Crippen molar-refractivity contribution in [2.45, 2.75) is 19.9 Å². The van der Waals surface area contributed by atoms with Crippen LogP contribution >= 0.6 is 15.9 Å². The lowest BCUT2D eigenvalue weighted by atomic mass is 10.2. The first-order valence-electron chi connectivity index (χ1n) is 6.56. The number of anilines is 1. The van der Waals surface area contributed by atoms with E-state index in [4.69, 9.17) is 10.7 Å². The molecule has 0 fully saturated rings. The number of aromatic nitrogens is 3. The van der Waals surface area contributed by atoms with Crippen LogP contribution in [0.3, 0.4) is 0 Å². The van der Waals surface area contributed by atoms with Gasteiger partial charge in [0.25, 0.3) is 0 Å². The third kappa shape index (κ3) is 2.18. The van der Waals surface area contributed by atoms with Crippen LogP contribution in [0, 0.1) is 0 Å². The number of rotatable bonds is 3. The van der Waals surface area contributed by atoms with Gasteiger partial charge < -0.3 is 10.3 Å².